The molecule has 2 unspecified atom stereocenters. The van der Waals surface area contributed by atoms with Crippen molar-refractivity contribution in [1.82, 2.24) is 10.2 Å². The van der Waals surface area contributed by atoms with E-state index in [0.29, 0.717) is 6.04 Å². The zero-order valence-electron chi connectivity index (χ0n) is 7.42. The molecule has 1 fully saturated rings. The van der Waals surface area contributed by atoms with Crippen LogP contribution in [-0.2, 0) is 4.79 Å². The van der Waals surface area contributed by atoms with Crippen molar-refractivity contribution >= 4 is 5.91 Å². The van der Waals surface area contributed by atoms with E-state index in [9.17, 15) is 4.79 Å². The topological polar surface area (TPSA) is 32.3 Å². The highest BCUT2D eigenvalue weighted by Crippen LogP contribution is 2.16. The van der Waals surface area contributed by atoms with E-state index in [0.717, 1.165) is 13.0 Å². The summed E-state index contributed by atoms with van der Waals surface area (Å²) in [7, 11) is 3.63. The Kier molecular flexibility index (Phi) is 2.49. The lowest BCUT2D eigenvalue weighted by Gasteiger charge is -2.18. The van der Waals surface area contributed by atoms with Crippen LogP contribution in [0.25, 0.3) is 0 Å². The van der Waals surface area contributed by atoms with Gasteiger partial charge >= 0.3 is 0 Å². The van der Waals surface area contributed by atoms with Crippen LogP contribution < -0.4 is 5.32 Å². The van der Waals surface area contributed by atoms with E-state index in [2.05, 4.69) is 12.2 Å². The highest BCUT2D eigenvalue weighted by Gasteiger charge is 2.29. The Morgan fingerprint density at radius 3 is 2.55 bits per heavy atom. The number of carbonyl (C=O) groups excluding carboxylic acids is 1. The van der Waals surface area contributed by atoms with E-state index in [-0.39, 0.29) is 11.8 Å². The van der Waals surface area contributed by atoms with E-state index < -0.39 is 0 Å². The molecule has 0 aliphatic carbocycles. The number of hydrogen-bond donors (Lipinski definition) is 1. The molecule has 1 saturated heterocycles. The normalized spacial score (nSPS) is 30.5. The van der Waals surface area contributed by atoms with Gasteiger partial charge in [-0.05, 0) is 19.9 Å². The van der Waals surface area contributed by atoms with Crippen LogP contribution in [0.1, 0.15) is 13.3 Å². The fourth-order valence-electron chi connectivity index (χ4n) is 1.53. The summed E-state index contributed by atoms with van der Waals surface area (Å²) in [6.07, 6.45) is 0.984. The van der Waals surface area contributed by atoms with Gasteiger partial charge in [0.1, 0.15) is 0 Å². The molecule has 0 bridgehead atoms. The molecule has 11 heavy (non-hydrogen) atoms. The van der Waals surface area contributed by atoms with Crippen LogP contribution in [0.5, 0.6) is 0 Å². The van der Waals surface area contributed by atoms with Crippen molar-refractivity contribution in [1.29, 1.82) is 0 Å². The second-order valence-corrected chi connectivity index (χ2v) is 3.37. The molecule has 0 aromatic carbocycles. The maximum atomic E-state index is 11.4. The molecule has 0 aromatic heterocycles. The molecule has 0 saturated carbocycles. The van der Waals surface area contributed by atoms with Gasteiger partial charge in [-0.2, -0.15) is 0 Å². The van der Waals surface area contributed by atoms with E-state index >= 15 is 0 Å². The molecule has 1 heterocycles. The fraction of sp³-hybridized carbons (Fsp3) is 0.875. The molecule has 1 rings (SSSR count). The van der Waals surface area contributed by atoms with E-state index in [4.69, 9.17) is 0 Å². The van der Waals surface area contributed by atoms with Crippen molar-refractivity contribution in [2.24, 2.45) is 5.92 Å². The number of nitrogens with one attached hydrogen (secondary N) is 1. The first-order valence-electron chi connectivity index (χ1n) is 4.07. The minimum absolute atomic E-state index is 0.199. The molecule has 3 nitrogen and oxygen atoms in total. The number of rotatable bonds is 1. The smallest absolute Gasteiger partial charge is 0.226 e. The third-order valence-electron chi connectivity index (χ3n) is 2.28. The van der Waals surface area contributed by atoms with Crippen LogP contribution in [0.2, 0.25) is 0 Å². The van der Waals surface area contributed by atoms with Crippen molar-refractivity contribution in [2.45, 2.75) is 19.4 Å². The third-order valence-corrected chi connectivity index (χ3v) is 2.28. The van der Waals surface area contributed by atoms with Gasteiger partial charge in [0.2, 0.25) is 5.91 Å². The lowest BCUT2D eigenvalue weighted by Crippen LogP contribution is -2.35. The first kappa shape index (κ1) is 8.53. The second kappa shape index (κ2) is 3.22. The Hall–Kier alpha value is -0.570. The molecule has 1 aliphatic heterocycles. The van der Waals surface area contributed by atoms with Crippen LogP contribution >= 0.6 is 0 Å². The van der Waals surface area contributed by atoms with Gasteiger partial charge in [0.25, 0.3) is 0 Å². The molecule has 64 valence electrons. The van der Waals surface area contributed by atoms with Gasteiger partial charge in [0, 0.05) is 20.1 Å². The maximum Gasteiger partial charge on any atom is 0.226 e. The average molecular weight is 156 g/mol. The van der Waals surface area contributed by atoms with E-state index in [1.165, 1.54) is 0 Å². The van der Waals surface area contributed by atoms with Gasteiger partial charge in [-0.3, -0.25) is 4.79 Å². The Morgan fingerprint density at radius 2 is 2.18 bits per heavy atom. The molecule has 0 radical (unpaired) electrons. The number of hydrogen-bond acceptors (Lipinski definition) is 2. The van der Waals surface area contributed by atoms with Crippen molar-refractivity contribution < 1.29 is 4.79 Å². The average Bonchev–Trinajstić information content (AvgIpc) is 2.33. The van der Waals surface area contributed by atoms with Crippen LogP contribution in [0.4, 0.5) is 0 Å². The molecule has 1 N–H and O–H groups in total. The second-order valence-electron chi connectivity index (χ2n) is 3.37. The van der Waals surface area contributed by atoms with Gasteiger partial charge in [0.15, 0.2) is 0 Å². The predicted molar refractivity (Wildman–Crippen MR) is 44.3 cm³/mol. The minimum atomic E-state index is 0.199. The largest absolute Gasteiger partial charge is 0.349 e. The summed E-state index contributed by atoms with van der Waals surface area (Å²) in [5, 5.41) is 3.26. The Labute approximate surface area is 67.8 Å². The van der Waals surface area contributed by atoms with Gasteiger partial charge in [0.05, 0.1) is 5.92 Å². The predicted octanol–water partition coefficient (Wildman–Crippen LogP) is 0.0726. The first-order valence-corrected chi connectivity index (χ1v) is 4.07. The van der Waals surface area contributed by atoms with Crippen LogP contribution in [0.15, 0.2) is 0 Å². The number of amides is 1. The standard InChI is InChI=1S/C8H16N2O/c1-6-7(4-5-9-6)8(11)10(2)3/h6-7,9H,4-5H2,1-3H3. The third kappa shape index (κ3) is 1.71. The van der Waals surface area contributed by atoms with Gasteiger partial charge in [-0.1, -0.05) is 0 Å². The van der Waals surface area contributed by atoms with Crippen molar-refractivity contribution in [2.75, 3.05) is 20.6 Å². The van der Waals surface area contributed by atoms with Crippen molar-refractivity contribution in [3.8, 4) is 0 Å². The summed E-state index contributed by atoms with van der Waals surface area (Å²) in [4.78, 5) is 13.1. The molecule has 1 aliphatic rings. The number of carbonyl (C=O) groups is 1. The van der Waals surface area contributed by atoms with E-state index in [1.807, 2.05) is 14.1 Å². The van der Waals surface area contributed by atoms with Gasteiger partial charge in [-0.25, -0.2) is 0 Å². The maximum absolute atomic E-state index is 11.4. The molecule has 3 heteroatoms. The Bertz CT molecular complexity index is 156. The molecule has 1 amide bonds. The molecular weight excluding hydrogens is 140 g/mol. The lowest BCUT2D eigenvalue weighted by atomic mass is 10.0. The first-order chi connectivity index (χ1) is 5.13. The zero-order valence-corrected chi connectivity index (χ0v) is 7.42. The van der Waals surface area contributed by atoms with Crippen LogP contribution in [0, 0.1) is 5.92 Å². The van der Waals surface area contributed by atoms with Crippen LogP contribution in [-0.4, -0.2) is 37.5 Å². The van der Waals surface area contributed by atoms with Crippen molar-refractivity contribution in [3.05, 3.63) is 0 Å². The fourth-order valence-corrected chi connectivity index (χ4v) is 1.53. The Morgan fingerprint density at radius 1 is 1.55 bits per heavy atom. The highest BCUT2D eigenvalue weighted by atomic mass is 16.2. The SMILES string of the molecule is CC1NCCC1C(=O)N(C)C. The molecule has 2 atom stereocenters. The molecule has 0 aromatic rings. The van der Waals surface area contributed by atoms with E-state index in [1.54, 1.807) is 4.90 Å². The van der Waals surface area contributed by atoms with Gasteiger partial charge in [-0.15, -0.1) is 0 Å². The minimum Gasteiger partial charge on any atom is -0.349 e. The molecular formula is C8H16N2O. The number of nitrogens with zero attached hydrogens (tertiary/aromatic N) is 1. The van der Waals surface area contributed by atoms with Crippen molar-refractivity contribution in [3.63, 3.8) is 0 Å². The summed E-state index contributed by atoms with van der Waals surface area (Å²) < 4.78 is 0. The zero-order chi connectivity index (χ0) is 8.43. The Balaban J connectivity index is 2.53. The quantitative estimate of drug-likeness (QED) is 0.583. The lowest BCUT2D eigenvalue weighted by molar-refractivity contribution is -0.133. The molecule has 0 spiro atoms. The highest BCUT2D eigenvalue weighted by molar-refractivity contribution is 5.79. The summed E-state index contributed by atoms with van der Waals surface area (Å²) in [6.45, 7) is 3.05. The summed E-state index contributed by atoms with van der Waals surface area (Å²) in [5.41, 5.74) is 0. The van der Waals surface area contributed by atoms with Gasteiger partial charge < -0.3 is 10.2 Å². The summed E-state index contributed by atoms with van der Waals surface area (Å²) in [5.74, 6) is 0.451. The monoisotopic (exact) mass is 156 g/mol. The summed E-state index contributed by atoms with van der Waals surface area (Å²) >= 11 is 0. The summed E-state index contributed by atoms with van der Waals surface area (Å²) in [6, 6.07) is 0.352. The van der Waals surface area contributed by atoms with Crippen LogP contribution in [0.3, 0.4) is 0 Å².